The molecule has 2 aromatic carbocycles. The number of carboxylic acids is 1. The van der Waals surface area contributed by atoms with Crippen LogP contribution in [0.3, 0.4) is 0 Å². The van der Waals surface area contributed by atoms with Crippen molar-refractivity contribution < 1.29 is 23.5 Å². The number of amides is 1. The van der Waals surface area contributed by atoms with Crippen LogP contribution in [0.25, 0.3) is 5.69 Å². The van der Waals surface area contributed by atoms with E-state index in [1.807, 2.05) is 0 Å². The van der Waals surface area contributed by atoms with Crippen molar-refractivity contribution >= 4 is 11.9 Å². The average Bonchev–Trinajstić information content (AvgIpc) is 3.12. The number of carboxylic acid groups (broad SMARTS) is 1. The molecule has 1 aromatic heterocycles. The van der Waals surface area contributed by atoms with Gasteiger partial charge >= 0.3 is 5.97 Å². The number of carbonyl (C=O) groups excluding carboxylic acids is 1. The van der Waals surface area contributed by atoms with Crippen LogP contribution in [0.5, 0.6) is 0 Å². The predicted molar refractivity (Wildman–Crippen MR) is 87.8 cm³/mol. The summed E-state index contributed by atoms with van der Waals surface area (Å²) in [5.74, 6) is -3.96. The molecular formula is C18H13F2N3O3. The van der Waals surface area contributed by atoms with Crippen molar-refractivity contribution in [3.63, 3.8) is 0 Å². The van der Waals surface area contributed by atoms with E-state index in [1.165, 1.54) is 23.0 Å². The van der Waals surface area contributed by atoms with Crippen LogP contribution in [0.2, 0.25) is 0 Å². The zero-order chi connectivity index (χ0) is 18.7. The van der Waals surface area contributed by atoms with Gasteiger partial charge in [-0.25, -0.2) is 18.3 Å². The molecule has 26 heavy (non-hydrogen) atoms. The molecule has 0 spiro atoms. The fraction of sp³-hybridized carbons (Fsp3) is 0.0556. The molecule has 1 amide bonds. The van der Waals surface area contributed by atoms with Gasteiger partial charge in [-0.3, -0.25) is 4.79 Å². The monoisotopic (exact) mass is 357 g/mol. The second-order valence-corrected chi connectivity index (χ2v) is 5.40. The van der Waals surface area contributed by atoms with Crippen molar-refractivity contribution in [3.05, 3.63) is 83.7 Å². The maximum absolute atomic E-state index is 13.3. The van der Waals surface area contributed by atoms with E-state index < -0.39 is 29.6 Å². The molecule has 0 saturated heterocycles. The van der Waals surface area contributed by atoms with Crippen molar-refractivity contribution in [2.24, 2.45) is 0 Å². The van der Waals surface area contributed by atoms with E-state index in [2.05, 4.69) is 10.4 Å². The Balaban J connectivity index is 1.81. The SMILES string of the molecule is O=C(NC(C(=O)O)c1ccccc1)c1ccn(-c2ccc(F)c(F)c2)n1. The number of aromatic nitrogens is 2. The zero-order valence-corrected chi connectivity index (χ0v) is 13.3. The van der Waals surface area contributed by atoms with E-state index in [0.717, 1.165) is 12.1 Å². The summed E-state index contributed by atoms with van der Waals surface area (Å²) in [5.41, 5.74) is 0.575. The van der Waals surface area contributed by atoms with Gasteiger partial charge in [-0.15, -0.1) is 0 Å². The molecule has 132 valence electrons. The number of carbonyl (C=O) groups is 2. The number of hydrogen-bond donors (Lipinski definition) is 2. The Morgan fingerprint density at radius 2 is 1.77 bits per heavy atom. The largest absolute Gasteiger partial charge is 0.479 e. The second-order valence-electron chi connectivity index (χ2n) is 5.40. The Morgan fingerprint density at radius 1 is 1.04 bits per heavy atom. The first-order valence-electron chi connectivity index (χ1n) is 7.55. The number of nitrogens with one attached hydrogen (secondary N) is 1. The van der Waals surface area contributed by atoms with Gasteiger partial charge in [0.2, 0.25) is 0 Å². The molecule has 3 rings (SSSR count). The van der Waals surface area contributed by atoms with Gasteiger partial charge in [-0.2, -0.15) is 5.10 Å². The van der Waals surface area contributed by atoms with Crippen molar-refractivity contribution in [3.8, 4) is 5.69 Å². The number of hydrogen-bond acceptors (Lipinski definition) is 3. The minimum absolute atomic E-state index is 0.0584. The average molecular weight is 357 g/mol. The second kappa shape index (κ2) is 7.14. The summed E-state index contributed by atoms with van der Waals surface area (Å²) >= 11 is 0. The van der Waals surface area contributed by atoms with Gasteiger partial charge in [0.1, 0.15) is 0 Å². The summed E-state index contributed by atoms with van der Waals surface area (Å²) in [6.07, 6.45) is 1.39. The molecule has 0 fully saturated rings. The minimum atomic E-state index is -1.24. The van der Waals surface area contributed by atoms with Crippen LogP contribution in [0.15, 0.2) is 60.8 Å². The number of benzene rings is 2. The highest BCUT2D eigenvalue weighted by Gasteiger charge is 2.23. The molecule has 0 aliphatic heterocycles. The normalized spacial score (nSPS) is 11.8. The fourth-order valence-corrected chi connectivity index (χ4v) is 2.35. The molecule has 0 saturated carbocycles. The molecule has 0 aliphatic carbocycles. The summed E-state index contributed by atoms with van der Waals surface area (Å²) in [7, 11) is 0. The van der Waals surface area contributed by atoms with Gasteiger partial charge in [-0.05, 0) is 23.8 Å². The van der Waals surface area contributed by atoms with E-state index >= 15 is 0 Å². The lowest BCUT2D eigenvalue weighted by Gasteiger charge is -2.13. The van der Waals surface area contributed by atoms with Crippen LogP contribution in [-0.2, 0) is 4.79 Å². The van der Waals surface area contributed by atoms with Crippen LogP contribution in [-0.4, -0.2) is 26.8 Å². The lowest BCUT2D eigenvalue weighted by atomic mass is 10.1. The molecule has 0 bridgehead atoms. The molecule has 0 radical (unpaired) electrons. The van der Waals surface area contributed by atoms with Crippen LogP contribution >= 0.6 is 0 Å². The van der Waals surface area contributed by atoms with Gasteiger partial charge < -0.3 is 10.4 Å². The number of nitrogens with zero attached hydrogens (tertiary/aromatic N) is 2. The molecule has 8 heteroatoms. The van der Waals surface area contributed by atoms with Gasteiger partial charge in [-0.1, -0.05) is 30.3 Å². The Bertz CT molecular complexity index is 957. The van der Waals surface area contributed by atoms with Crippen molar-refractivity contribution in [1.29, 1.82) is 0 Å². The first kappa shape index (κ1) is 17.3. The lowest BCUT2D eigenvalue weighted by molar-refractivity contribution is -0.139. The molecule has 1 atom stereocenters. The molecule has 3 aromatic rings. The highest BCUT2D eigenvalue weighted by atomic mass is 19.2. The van der Waals surface area contributed by atoms with Crippen LogP contribution in [0, 0.1) is 11.6 Å². The smallest absolute Gasteiger partial charge is 0.330 e. The standard InChI is InChI=1S/C18H13F2N3O3/c19-13-7-6-12(10-14(13)20)23-9-8-15(22-23)17(24)21-16(18(25)26)11-4-2-1-3-5-11/h1-10,16H,(H,21,24)(H,25,26). The van der Waals surface area contributed by atoms with Crippen molar-refractivity contribution in [2.45, 2.75) is 6.04 Å². The third-order valence-electron chi connectivity index (χ3n) is 3.64. The molecule has 0 aliphatic rings. The highest BCUT2D eigenvalue weighted by molar-refractivity contribution is 5.95. The Morgan fingerprint density at radius 3 is 2.42 bits per heavy atom. The molecule has 2 N–H and O–H groups in total. The first-order chi connectivity index (χ1) is 12.5. The van der Waals surface area contributed by atoms with Gasteiger partial charge in [0.05, 0.1) is 5.69 Å². The number of halogens is 2. The van der Waals surface area contributed by atoms with Crippen LogP contribution < -0.4 is 5.32 Å². The number of rotatable bonds is 5. The maximum Gasteiger partial charge on any atom is 0.330 e. The summed E-state index contributed by atoms with van der Waals surface area (Å²) in [4.78, 5) is 23.8. The Labute approximate surface area is 146 Å². The van der Waals surface area contributed by atoms with Crippen molar-refractivity contribution in [1.82, 2.24) is 15.1 Å². The Hall–Kier alpha value is -3.55. The van der Waals surface area contributed by atoms with Gasteiger partial charge in [0.15, 0.2) is 23.4 Å². The van der Waals surface area contributed by atoms with E-state index in [9.17, 15) is 23.5 Å². The Kier molecular flexibility index (Phi) is 4.74. The zero-order valence-electron chi connectivity index (χ0n) is 13.3. The maximum atomic E-state index is 13.3. The minimum Gasteiger partial charge on any atom is -0.479 e. The van der Waals surface area contributed by atoms with Gasteiger partial charge in [0.25, 0.3) is 5.91 Å². The lowest BCUT2D eigenvalue weighted by Crippen LogP contribution is -2.34. The van der Waals surface area contributed by atoms with E-state index in [-0.39, 0.29) is 11.4 Å². The topological polar surface area (TPSA) is 84.2 Å². The molecule has 1 unspecified atom stereocenters. The summed E-state index contributed by atoms with van der Waals surface area (Å²) < 4.78 is 27.5. The third kappa shape index (κ3) is 3.59. The van der Waals surface area contributed by atoms with E-state index in [4.69, 9.17) is 0 Å². The highest BCUT2D eigenvalue weighted by Crippen LogP contribution is 2.15. The summed E-state index contributed by atoms with van der Waals surface area (Å²) in [6.45, 7) is 0. The fourth-order valence-electron chi connectivity index (χ4n) is 2.35. The van der Waals surface area contributed by atoms with Gasteiger partial charge in [0, 0.05) is 12.3 Å². The van der Waals surface area contributed by atoms with Crippen LogP contribution in [0.1, 0.15) is 22.1 Å². The van der Waals surface area contributed by atoms with Crippen LogP contribution in [0.4, 0.5) is 8.78 Å². The van der Waals surface area contributed by atoms with Crippen molar-refractivity contribution in [2.75, 3.05) is 0 Å². The molecule has 1 heterocycles. The first-order valence-corrected chi connectivity index (χ1v) is 7.55. The van der Waals surface area contributed by atoms with E-state index in [0.29, 0.717) is 5.56 Å². The molecular weight excluding hydrogens is 344 g/mol. The number of aliphatic carboxylic acids is 1. The van der Waals surface area contributed by atoms with E-state index in [1.54, 1.807) is 30.3 Å². The quantitative estimate of drug-likeness (QED) is 0.735. The third-order valence-corrected chi connectivity index (χ3v) is 3.64. The summed E-state index contributed by atoms with van der Waals surface area (Å²) in [5, 5.41) is 15.7. The predicted octanol–water partition coefficient (Wildman–Crippen LogP) is 2.71. The summed E-state index contributed by atoms with van der Waals surface area (Å²) in [6, 6.07) is 11.5. The molecule has 6 nitrogen and oxygen atoms in total.